The number of rotatable bonds is 3. The van der Waals surface area contributed by atoms with Crippen LogP contribution >= 0.6 is 0 Å². The summed E-state index contributed by atoms with van der Waals surface area (Å²) in [6.07, 6.45) is 5.61. The lowest BCUT2D eigenvalue weighted by Crippen LogP contribution is -2.38. The first-order valence-electron chi connectivity index (χ1n) is 7.51. The van der Waals surface area contributed by atoms with Gasteiger partial charge in [-0.05, 0) is 61.3 Å². The van der Waals surface area contributed by atoms with Crippen molar-refractivity contribution < 1.29 is 8.42 Å². The summed E-state index contributed by atoms with van der Waals surface area (Å²) in [5.41, 5.74) is 2.18. The van der Waals surface area contributed by atoms with Crippen LogP contribution in [0.5, 0.6) is 0 Å². The van der Waals surface area contributed by atoms with Crippen LogP contribution in [0.1, 0.15) is 31.2 Å². The molecule has 1 aromatic carbocycles. The van der Waals surface area contributed by atoms with Gasteiger partial charge in [0.1, 0.15) is 0 Å². The van der Waals surface area contributed by atoms with Crippen molar-refractivity contribution in [2.75, 3.05) is 11.9 Å². The van der Waals surface area contributed by atoms with Gasteiger partial charge in [-0.2, -0.15) is 0 Å². The Morgan fingerprint density at radius 1 is 1.20 bits per heavy atom. The Hall–Kier alpha value is -1.07. The van der Waals surface area contributed by atoms with Crippen molar-refractivity contribution in [1.29, 1.82) is 0 Å². The fourth-order valence-corrected chi connectivity index (χ4v) is 5.47. The molecule has 3 aliphatic rings. The second-order valence-electron chi connectivity index (χ2n) is 6.40. The maximum Gasteiger partial charge on any atom is 0.240 e. The summed E-state index contributed by atoms with van der Waals surface area (Å²) in [5.74, 6) is 1.31. The van der Waals surface area contributed by atoms with Crippen molar-refractivity contribution in [2.24, 2.45) is 11.8 Å². The number of fused-ring (bicyclic) bond motifs is 3. The van der Waals surface area contributed by atoms with Crippen molar-refractivity contribution in [3.63, 3.8) is 0 Å². The van der Waals surface area contributed by atoms with Gasteiger partial charge in [0.05, 0.1) is 4.90 Å². The second kappa shape index (κ2) is 4.46. The monoisotopic (exact) mass is 292 g/mol. The highest BCUT2D eigenvalue weighted by Gasteiger charge is 2.41. The molecule has 0 radical (unpaired) electrons. The zero-order chi connectivity index (χ0) is 13.7. The predicted octanol–water partition coefficient (Wildman–Crippen LogP) is 2.12. The fraction of sp³-hybridized carbons (Fsp3) is 0.600. The van der Waals surface area contributed by atoms with E-state index in [0.717, 1.165) is 36.6 Å². The highest BCUT2D eigenvalue weighted by atomic mass is 32.2. The molecular formula is C15H20N2O2S. The van der Waals surface area contributed by atoms with Crippen LogP contribution in [0.2, 0.25) is 0 Å². The minimum atomic E-state index is -3.37. The summed E-state index contributed by atoms with van der Waals surface area (Å²) in [6.45, 7) is 0.901. The molecule has 1 aliphatic heterocycles. The van der Waals surface area contributed by atoms with Gasteiger partial charge in [0, 0.05) is 18.3 Å². The van der Waals surface area contributed by atoms with Gasteiger partial charge in [-0.3, -0.25) is 0 Å². The summed E-state index contributed by atoms with van der Waals surface area (Å²) in [7, 11) is -3.37. The average molecular weight is 292 g/mol. The molecule has 0 saturated heterocycles. The Balaban J connectivity index is 1.57. The molecule has 5 heteroatoms. The minimum Gasteiger partial charge on any atom is -0.384 e. The van der Waals surface area contributed by atoms with Crippen LogP contribution in [-0.4, -0.2) is 21.0 Å². The molecule has 2 N–H and O–H groups in total. The third kappa shape index (κ3) is 2.04. The van der Waals surface area contributed by atoms with Gasteiger partial charge >= 0.3 is 0 Å². The Morgan fingerprint density at radius 2 is 2.10 bits per heavy atom. The molecule has 108 valence electrons. The second-order valence-corrected chi connectivity index (χ2v) is 8.11. The zero-order valence-electron chi connectivity index (χ0n) is 11.4. The van der Waals surface area contributed by atoms with Crippen LogP contribution in [0.15, 0.2) is 23.1 Å². The highest BCUT2D eigenvalue weighted by Crippen LogP contribution is 2.44. The molecule has 1 heterocycles. The molecule has 4 rings (SSSR count). The van der Waals surface area contributed by atoms with Crippen LogP contribution in [0.25, 0.3) is 0 Å². The van der Waals surface area contributed by atoms with Gasteiger partial charge in [-0.15, -0.1) is 0 Å². The third-order valence-corrected chi connectivity index (χ3v) is 6.63. The average Bonchev–Trinajstić information content (AvgIpc) is 3.13. The third-order valence-electron chi connectivity index (χ3n) is 5.14. The molecule has 2 bridgehead atoms. The first-order valence-corrected chi connectivity index (χ1v) is 8.99. The van der Waals surface area contributed by atoms with Crippen LogP contribution in [0, 0.1) is 11.8 Å². The van der Waals surface area contributed by atoms with E-state index in [1.54, 1.807) is 6.07 Å². The molecule has 0 spiro atoms. The van der Waals surface area contributed by atoms with Crippen molar-refractivity contribution >= 4 is 15.7 Å². The molecule has 2 saturated carbocycles. The fourth-order valence-electron chi connectivity index (χ4n) is 4.10. The topological polar surface area (TPSA) is 58.2 Å². The normalized spacial score (nSPS) is 31.3. The summed E-state index contributed by atoms with van der Waals surface area (Å²) >= 11 is 0. The van der Waals surface area contributed by atoms with Crippen LogP contribution < -0.4 is 10.0 Å². The van der Waals surface area contributed by atoms with Crippen molar-refractivity contribution in [1.82, 2.24) is 4.72 Å². The van der Waals surface area contributed by atoms with Gasteiger partial charge in [0.15, 0.2) is 0 Å². The molecule has 1 aromatic rings. The highest BCUT2D eigenvalue weighted by molar-refractivity contribution is 7.89. The lowest BCUT2D eigenvalue weighted by Gasteiger charge is -2.22. The van der Waals surface area contributed by atoms with Crippen LogP contribution in [0.4, 0.5) is 5.69 Å². The largest absolute Gasteiger partial charge is 0.384 e. The lowest BCUT2D eigenvalue weighted by molar-refractivity contribution is 0.390. The number of hydrogen-bond acceptors (Lipinski definition) is 3. The van der Waals surface area contributed by atoms with E-state index in [2.05, 4.69) is 10.0 Å². The van der Waals surface area contributed by atoms with Crippen molar-refractivity contribution in [3.8, 4) is 0 Å². The maximum atomic E-state index is 12.5. The Bertz CT molecular complexity index is 641. The van der Waals surface area contributed by atoms with Crippen molar-refractivity contribution in [3.05, 3.63) is 23.8 Å². The molecule has 0 amide bonds. The Morgan fingerprint density at radius 3 is 2.85 bits per heavy atom. The number of hydrogen-bond donors (Lipinski definition) is 2. The molecule has 3 unspecified atom stereocenters. The van der Waals surface area contributed by atoms with E-state index >= 15 is 0 Å². The lowest BCUT2D eigenvalue weighted by atomic mass is 9.96. The molecule has 20 heavy (non-hydrogen) atoms. The Labute approximate surface area is 120 Å². The van der Waals surface area contributed by atoms with E-state index in [4.69, 9.17) is 0 Å². The zero-order valence-corrected chi connectivity index (χ0v) is 12.2. The molecule has 4 nitrogen and oxygen atoms in total. The molecule has 2 fully saturated rings. The summed E-state index contributed by atoms with van der Waals surface area (Å²) in [4.78, 5) is 0.419. The van der Waals surface area contributed by atoms with Gasteiger partial charge in [0.25, 0.3) is 0 Å². The first-order chi connectivity index (χ1) is 9.62. The predicted molar refractivity (Wildman–Crippen MR) is 78.2 cm³/mol. The standard InChI is InChI=1S/C15H20N2O2S/c18-20(19,17-15-8-10-1-2-11(15)7-10)13-3-4-14-12(9-13)5-6-16-14/h3-4,9-11,15-17H,1-2,5-8H2. The van der Waals surface area contributed by atoms with Gasteiger partial charge in [0.2, 0.25) is 10.0 Å². The maximum absolute atomic E-state index is 12.5. The van der Waals surface area contributed by atoms with Gasteiger partial charge in [-0.25, -0.2) is 13.1 Å². The Kier molecular flexibility index (Phi) is 2.82. The SMILES string of the molecule is O=S(=O)(NC1CC2CCC1C2)c1ccc2c(c1)CCN2. The van der Waals surface area contributed by atoms with Crippen LogP contribution in [-0.2, 0) is 16.4 Å². The number of sulfonamides is 1. The number of anilines is 1. The van der Waals surface area contributed by atoms with E-state index in [1.807, 2.05) is 12.1 Å². The van der Waals surface area contributed by atoms with E-state index in [1.165, 1.54) is 19.3 Å². The van der Waals surface area contributed by atoms with E-state index in [0.29, 0.717) is 10.8 Å². The van der Waals surface area contributed by atoms with Gasteiger partial charge < -0.3 is 5.32 Å². The summed E-state index contributed by atoms with van der Waals surface area (Å²) in [5, 5.41) is 3.26. The smallest absolute Gasteiger partial charge is 0.240 e. The summed E-state index contributed by atoms with van der Waals surface area (Å²) < 4.78 is 28.0. The van der Waals surface area contributed by atoms with Crippen LogP contribution in [0.3, 0.4) is 0 Å². The summed E-state index contributed by atoms with van der Waals surface area (Å²) in [6, 6.07) is 5.58. The van der Waals surface area contributed by atoms with E-state index in [-0.39, 0.29) is 6.04 Å². The van der Waals surface area contributed by atoms with E-state index in [9.17, 15) is 8.42 Å². The van der Waals surface area contributed by atoms with Gasteiger partial charge in [-0.1, -0.05) is 6.42 Å². The van der Waals surface area contributed by atoms with E-state index < -0.39 is 10.0 Å². The minimum absolute atomic E-state index is 0.158. The molecule has 3 atom stereocenters. The number of nitrogens with one attached hydrogen (secondary N) is 2. The molecule has 0 aromatic heterocycles. The van der Waals surface area contributed by atoms with Crippen molar-refractivity contribution in [2.45, 2.75) is 43.0 Å². The molecule has 2 aliphatic carbocycles. The number of benzene rings is 1. The quantitative estimate of drug-likeness (QED) is 0.897. The first kappa shape index (κ1) is 12.7. The molecular weight excluding hydrogens is 272 g/mol.